The van der Waals surface area contributed by atoms with Crippen molar-refractivity contribution in [3.63, 3.8) is 0 Å². The number of nitrogens with one attached hydrogen (secondary N) is 4. The molecule has 4 rings (SSSR count). The molecule has 0 aliphatic carbocycles. The van der Waals surface area contributed by atoms with Crippen LogP contribution >= 0.6 is 11.6 Å². The van der Waals surface area contributed by atoms with Gasteiger partial charge in [0.05, 0.1) is 16.6 Å². The summed E-state index contributed by atoms with van der Waals surface area (Å²) < 4.78 is 40.9. The maximum absolute atomic E-state index is 13.1. The molecule has 0 saturated carbocycles. The van der Waals surface area contributed by atoms with Crippen LogP contribution in [0.2, 0.25) is 5.02 Å². The van der Waals surface area contributed by atoms with Gasteiger partial charge in [-0.05, 0) is 61.9 Å². The monoisotopic (exact) mass is 574 g/mol. The largest absolute Gasteiger partial charge is 0.417 e. The van der Waals surface area contributed by atoms with Crippen LogP contribution in [0, 0.1) is 5.92 Å². The molecule has 14 heteroatoms. The van der Waals surface area contributed by atoms with Gasteiger partial charge in [0.15, 0.2) is 17.0 Å². The van der Waals surface area contributed by atoms with E-state index in [0.717, 1.165) is 12.1 Å². The third-order valence-electron chi connectivity index (χ3n) is 5.88. The van der Waals surface area contributed by atoms with E-state index in [1.165, 1.54) is 18.7 Å². The van der Waals surface area contributed by atoms with Crippen LogP contribution in [0.15, 0.2) is 55.1 Å². The maximum Gasteiger partial charge on any atom is 0.417 e. The number of anilines is 3. The Labute approximate surface area is 232 Å². The highest BCUT2D eigenvalue weighted by molar-refractivity contribution is 6.31. The van der Waals surface area contributed by atoms with Crippen LogP contribution in [-0.2, 0) is 11.0 Å². The molecular weight excluding hydrogens is 549 g/mol. The Morgan fingerprint density at radius 3 is 2.30 bits per heavy atom. The first-order valence-corrected chi connectivity index (χ1v) is 12.6. The molecule has 1 atom stereocenters. The van der Waals surface area contributed by atoms with Gasteiger partial charge >= 0.3 is 12.2 Å². The zero-order valence-corrected chi connectivity index (χ0v) is 22.4. The number of fused-ring (bicyclic) bond motifs is 1. The van der Waals surface area contributed by atoms with Gasteiger partial charge in [-0.2, -0.15) is 13.2 Å². The van der Waals surface area contributed by atoms with Gasteiger partial charge in [-0.15, -0.1) is 0 Å². The van der Waals surface area contributed by atoms with Crippen molar-refractivity contribution in [2.75, 3.05) is 23.0 Å². The van der Waals surface area contributed by atoms with Crippen molar-refractivity contribution >= 4 is 51.9 Å². The van der Waals surface area contributed by atoms with E-state index in [1.807, 2.05) is 13.8 Å². The molecule has 40 heavy (non-hydrogen) atoms. The molecule has 2 aromatic heterocycles. The lowest BCUT2D eigenvalue weighted by Crippen LogP contribution is -2.39. The van der Waals surface area contributed by atoms with Crippen molar-refractivity contribution in [3.05, 3.63) is 65.7 Å². The van der Waals surface area contributed by atoms with Gasteiger partial charge in [0.1, 0.15) is 12.7 Å². The number of rotatable bonds is 8. The molecule has 2 aromatic carbocycles. The number of likely N-dealkylation sites (N-methyl/N-ethyl adjacent to an activating group) is 1. The van der Waals surface area contributed by atoms with Crippen LogP contribution < -0.4 is 21.3 Å². The normalized spacial score (nSPS) is 12.4. The van der Waals surface area contributed by atoms with Crippen LogP contribution in [0.25, 0.3) is 16.9 Å². The predicted molar refractivity (Wildman–Crippen MR) is 147 cm³/mol. The number of halogens is 4. The molecular formula is C26H26ClF3N8O2. The number of aromatic nitrogens is 4. The van der Waals surface area contributed by atoms with Crippen LogP contribution in [0.1, 0.15) is 25.8 Å². The molecule has 4 aromatic rings. The van der Waals surface area contributed by atoms with Crippen molar-refractivity contribution < 1.29 is 22.8 Å². The minimum absolute atomic E-state index is 0.0662. The maximum atomic E-state index is 13.1. The number of carbonyl (C=O) groups is 2. The van der Waals surface area contributed by atoms with Crippen LogP contribution in [0.3, 0.4) is 0 Å². The molecule has 4 N–H and O–H groups in total. The van der Waals surface area contributed by atoms with Crippen molar-refractivity contribution in [2.45, 2.75) is 32.5 Å². The highest BCUT2D eigenvalue weighted by atomic mass is 35.5. The fourth-order valence-electron chi connectivity index (χ4n) is 3.97. The van der Waals surface area contributed by atoms with Crippen molar-refractivity contribution in [1.82, 2.24) is 24.8 Å². The van der Waals surface area contributed by atoms with Crippen molar-refractivity contribution in [3.8, 4) is 5.69 Å². The lowest BCUT2D eigenvalue weighted by atomic mass is 10.0. The van der Waals surface area contributed by atoms with Crippen LogP contribution in [0.5, 0.6) is 0 Å². The summed E-state index contributed by atoms with van der Waals surface area (Å²) in [6, 6.07) is 8.58. The number of carbonyl (C=O) groups excluding carboxylic acids is 2. The highest BCUT2D eigenvalue weighted by Gasteiger charge is 2.33. The molecule has 0 aliphatic rings. The number of nitrogens with zero attached hydrogens (tertiary/aromatic N) is 4. The molecule has 3 amide bonds. The first-order chi connectivity index (χ1) is 19.0. The minimum Gasteiger partial charge on any atom is -0.309 e. The lowest BCUT2D eigenvalue weighted by molar-refractivity contribution is -0.137. The smallest absolute Gasteiger partial charge is 0.309 e. The highest BCUT2D eigenvalue weighted by Crippen LogP contribution is 2.36. The molecule has 0 spiro atoms. The Morgan fingerprint density at radius 2 is 1.65 bits per heavy atom. The zero-order valence-electron chi connectivity index (χ0n) is 21.7. The van der Waals surface area contributed by atoms with Gasteiger partial charge in [-0.25, -0.2) is 19.7 Å². The van der Waals surface area contributed by atoms with Crippen LogP contribution in [-0.4, -0.2) is 44.5 Å². The van der Waals surface area contributed by atoms with Gasteiger partial charge in [0.2, 0.25) is 5.91 Å². The van der Waals surface area contributed by atoms with E-state index in [-0.39, 0.29) is 17.4 Å². The molecule has 0 fully saturated rings. The summed E-state index contributed by atoms with van der Waals surface area (Å²) in [4.78, 5) is 38.0. The topological polar surface area (TPSA) is 126 Å². The quantitative estimate of drug-likeness (QED) is 0.214. The summed E-state index contributed by atoms with van der Waals surface area (Å²) in [6.45, 7) is 4.06. The second kappa shape index (κ2) is 11.9. The van der Waals surface area contributed by atoms with Gasteiger partial charge in [0, 0.05) is 17.1 Å². The van der Waals surface area contributed by atoms with E-state index in [1.54, 1.807) is 35.9 Å². The van der Waals surface area contributed by atoms with E-state index in [2.05, 4.69) is 36.2 Å². The molecule has 0 bridgehead atoms. The first-order valence-electron chi connectivity index (χ1n) is 12.2. The third-order valence-corrected chi connectivity index (χ3v) is 6.21. The molecule has 0 aliphatic heterocycles. The van der Waals surface area contributed by atoms with Crippen molar-refractivity contribution in [2.24, 2.45) is 5.92 Å². The van der Waals surface area contributed by atoms with Crippen molar-refractivity contribution in [1.29, 1.82) is 0 Å². The summed E-state index contributed by atoms with van der Waals surface area (Å²) in [5, 5.41) is 10.3. The Hall–Kier alpha value is -4.23. The average molecular weight is 575 g/mol. The van der Waals surface area contributed by atoms with Crippen LogP contribution in [0.4, 0.5) is 35.2 Å². The summed E-state index contributed by atoms with van der Waals surface area (Å²) in [7, 11) is 1.72. The summed E-state index contributed by atoms with van der Waals surface area (Å²) in [5.74, 6) is 0.368. The lowest BCUT2D eigenvalue weighted by Gasteiger charge is -2.17. The Balaban J connectivity index is 1.47. The van der Waals surface area contributed by atoms with E-state index in [9.17, 15) is 22.8 Å². The van der Waals surface area contributed by atoms with Gasteiger partial charge in [0.25, 0.3) is 0 Å². The standard InChI is InChI=1S/C26H26ClF3N8O2/c1-14(2)10-20(31-3)24(39)37-22-21-23(33-12-32-22)38(13-34-21)17-7-4-15(5-8-17)35-25(40)36-16-6-9-19(27)18(11-16)26(28,29)30/h4-9,11-14,20,31H,10H2,1-3H3,(H2,35,36,40)(H,32,33,37,39)/t20-/m0/s1. The molecule has 0 saturated heterocycles. The molecule has 0 radical (unpaired) electrons. The number of benzene rings is 2. The number of imidazole rings is 1. The summed E-state index contributed by atoms with van der Waals surface area (Å²) in [5.41, 5.74) is 0.789. The number of amides is 3. The van der Waals surface area contributed by atoms with E-state index in [0.29, 0.717) is 34.9 Å². The van der Waals surface area contributed by atoms with Gasteiger partial charge in [-0.1, -0.05) is 25.4 Å². The molecule has 2 heterocycles. The Morgan fingerprint density at radius 1 is 0.975 bits per heavy atom. The minimum atomic E-state index is -4.65. The third kappa shape index (κ3) is 6.66. The van der Waals surface area contributed by atoms with Gasteiger partial charge in [-0.3, -0.25) is 9.36 Å². The van der Waals surface area contributed by atoms with Gasteiger partial charge < -0.3 is 21.3 Å². The SMILES string of the molecule is CN[C@@H](CC(C)C)C(=O)Nc1ncnc2c1ncn2-c1ccc(NC(=O)Nc2ccc(Cl)c(C(F)(F)F)c2)cc1. The Kier molecular flexibility index (Phi) is 8.55. The zero-order chi connectivity index (χ0) is 29.0. The molecule has 0 unspecified atom stereocenters. The summed E-state index contributed by atoms with van der Waals surface area (Å²) in [6.07, 6.45) is -1.14. The molecule has 210 valence electrons. The first kappa shape index (κ1) is 28.8. The fourth-order valence-corrected chi connectivity index (χ4v) is 4.19. The average Bonchev–Trinajstić information content (AvgIpc) is 3.33. The second-order valence-electron chi connectivity index (χ2n) is 9.29. The Bertz CT molecular complexity index is 1520. The predicted octanol–water partition coefficient (Wildman–Crippen LogP) is 5.70. The fraction of sp³-hybridized carbons (Fsp3) is 0.269. The number of hydrogen-bond donors (Lipinski definition) is 4. The van der Waals surface area contributed by atoms with E-state index < -0.39 is 28.8 Å². The number of alkyl halides is 3. The summed E-state index contributed by atoms with van der Waals surface area (Å²) >= 11 is 5.62. The number of hydrogen-bond acceptors (Lipinski definition) is 6. The second-order valence-corrected chi connectivity index (χ2v) is 9.69. The number of urea groups is 1. The van der Waals surface area contributed by atoms with E-state index in [4.69, 9.17) is 11.6 Å². The van der Waals surface area contributed by atoms with E-state index >= 15 is 0 Å². The molecule has 10 nitrogen and oxygen atoms in total.